The predicted octanol–water partition coefficient (Wildman–Crippen LogP) is 7.26. The molecule has 2 aliphatic rings. The van der Waals surface area contributed by atoms with Gasteiger partial charge in [0.2, 0.25) is 5.88 Å². The SMILES string of the molecule is C#C.C=O.CC.CCC(=O)CCCCCCc1ncc(-c2cc3ccccc3nc2OC)[nH]1.CN.CN1CCCC2(CC2)C1. The number of piperidine rings is 1. The molecule has 8 nitrogen and oxygen atoms in total. The number of carbonyl (C=O) groups excluding carboxylic acids is 2. The maximum Gasteiger partial charge on any atom is 0.223 e. The summed E-state index contributed by atoms with van der Waals surface area (Å²) in [5, 5.41) is 1.08. The van der Waals surface area contributed by atoms with Gasteiger partial charge in [-0.25, -0.2) is 9.97 Å². The smallest absolute Gasteiger partial charge is 0.223 e. The van der Waals surface area contributed by atoms with Gasteiger partial charge in [0.05, 0.1) is 30.1 Å². The molecule has 1 aliphatic heterocycles. The van der Waals surface area contributed by atoms with Crippen molar-refractivity contribution in [3.63, 3.8) is 0 Å². The molecule has 1 spiro atoms. The van der Waals surface area contributed by atoms with Crippen molar-refractivity contribution < 1.29 is 14.3 Å². The number of H-pyrrole nitrogens is 1. The number of nitrogens with zero attached hydrogens (tertiary/aromatic N) is 3. The number of hydrogen-bond acceptors (Lipinski definition) is 7. The number of benzene rings is 1. The second-order valence-corrected chi connectivity index (χ2v) is 10.6. The summed E-state index contributed by atoms with van der Waals surface area (Å²) >= 11 is 0. The fourth-order valence-corrected chi connectivity index (χ4v) is 5.26. The van der Waals surface area contributed by atoms with Gasteiger partial charge >= 0.3 is 0 Å². The highest BCUT2D eigenvalue weighted by molar-refractivity contribution is 5.85. The zero-order valence-electron chi connectivity index (χ0n) is 28.2. The standard InChI is InChI=1S/C22H27N3O2.C8H15N.C2H6.C2H2.CH5N.CH2O/c1-3-17(26)11-6-4-5-7-13-21-23-15-20(24-21)18-14-16-10-8-9-12-19(16)25-22(18)27-2;1-9-6-2-3-8(7-9)4-5-8;4*1-2/h8-10,12,14-15H,3-7,11,13H2,1-2H3,(H,23,24);2-7H2,1H3;1-2H3;1-2H;2H2,1H3;1H2. The predicted molar refractivity (Wildman–Crippen MR) is 185 cm³/mol. The van der Waals surface area contributed by atoms with Gasteiger partial charge in [-0.15, -0.1) is 12.8 Å². The van der Waals surface area contributed by atoms with E-state index in [2.05, 4.69) is 51.5 Å². The number of likely N-dealkylation sites (tertiary alicyclic amines) is 1. The number of aromatic amines is 1. The van der Waals surface area contributed by atoms with Gasteiger partial charge in [0, 0.05) is 31.2 Å². The first kappa shape index (κ1) is 40.5. The van der Waals surface area contributed by atoms with Crippen LogP contribution in [0.25, 0.3) is 22.2 Å². The van der Waals surface area contributed by atoms with E-state index in [4.69, 9.17) is 9.53 Å². The lowest BCUT2D eigenvalue weighted by Gasteiger charge is -2.29. The van der Waals surface area contributed by atoms with Crippen molar-refractivity contribution in [1.29, 1.82) is 0 Å². The quantitative estimate of drug-likeness (QED) is 0.184. The monoisotopic (exact) mass is 607 g/mol. The highest BCUT2D eigenvalue weighted by atomic mass is 16.5. The zero-order valence-corrected chi connectivity index (χ0v) is 28.2. The number of unbranched alkanes of at least 4 members (excludes halogenated alkanes) is 3. The fraction of sp³-hybridized carbons (Fsp3) is 0.556. The molecule has 3 heterocycles. The average Bonchev–Trinajstić information content (AvgIpc) is 3.65. The number of para-hydroxylation sites is 1. The molecule has 2 aromatic heterocycles. The number of nitrogens with one attached hydrogen (secondary N) is 1. The van der Waals surface area contributed by atoms with Gasteiger partial charge in [-0.05, 0) is 76.7 Å². The van der Waals surface area contributed by atoms with Crippen LogP contribution in [-0.4, -0.2) is 66.7 Å². The number of Topliss-reactive ketones (excluding diaryl/α,β-unsaturated/α-hetero) is 1. The Morgan fingerprint density at radius 1 is 1.09 bits per heavy atom. The lowest BCUT2D eigenvalue weighted by Crippen LogP contribution is -2.32. The highest BCUT2D eigenvalue weighted by Crippen LogP contribution is 2.51. The number of methoxy groups -OCH3 is 1. The molecule has 1 saturated carbocycles. The van der Waals surface area contributed by atoms with E-state index < -0.39 is 0 Å². The summed E-state index contributed by atoms with van der Waals surface area (Å²) in [6.45, 7) is 10.6. The van der Waals surface area contributed by atoms with Crippen LogP contribution in [0.1, 0.15) is 90.8 Å². The van der Waals surface area contributed by atoms with Gasteiger partial charge in [0.1, 0.15) is 18.4 Å². The van der Waals surface area contributed by atoms with Crippen molar-refractivity contribution in [1.82, 2.24) is 19.9 Å². The van der Waals surface area contributed by atoms with E-state index in [-0.39, 0.29) is 0 Å². The first-order chi connectivity index (χ1) is 21.5. The number of rotatable bonds is 10. The van der Waals surface area contributed by atoms with Crippen LogP contribution >= 0.6 is 0 Å². The minimum absolute atomic E-state index is 0.364. The van der Waals surface area contributed by atoms with Crippen molar-refractivity contribution >= 4 is 23.5 Å². The van der Waals surface area contributed by atoms with Crippen LogP contribution in [0.2, 0.25) is 0 Å². The third-order valence-corrected chi connectivity index (χ3v) is 7.62. The minimum Gasteiger partial charge on any atom is -0.480 e. The Balaban J connectivity index is 0.000000897. The van der Waals surface area contributed by atoms with Crippen molar-refractivity contribution in [3.8, 4) is 30.0 Å². The minimum atomic E-state index is 0.364. The second kappa shape index (κ2) is 23.9. The number of terminal acetylenes is 1. The molecule has 0 atom stereocenters. The number of hydrogen-bond donors (Lipinski definition) is 2. The van der Waals surface area contributed by atoms with E-state index in [1.807, 2.05) is 58.0 Å². The number of pyridine rings is 1. The number of fused-ring (bicyclic) bond motifs is 1. The van der Waals surface area contributed by atoms with E-state index in [1.54, 1.807) is 7.11 Å². The Bertz CT molecular complexity index is 1200. The molecule has 8 heteroatoms. The highest BCUT2D eigenvalue weighted by Gasteiger charge is 2.44. The largest absolute Gasteiger partial charge is 0.480 e. The number of aromatic nitrogens is 3. The summed E-state index contributed by atoms with van der Waals surface area (Å²) in [7, 11) is 5.39. The van der Waals surface area contributed by atoms with Crippen LogP contribution in [0.15, 0.2) is 36.5 Å². The van der Waals surface area contributed by atoms with E-state index in [0.29, 0.717) is 18.1 Å². The summed E-state index contributed by atoms with van der Waals surface area (Å²) in [5.74, 6) is 1.94. The summed E-state index contributed by atoms with van der Waals surface area (Å²) in [6.07, 6.45) is 22.4. The van der Waals surface area contributed by atoms with Crippen LogP contribution in [0, 0.1) is 18.3 Å². The van der Waals surface area contributed by atoms with Crippen molar-refractivity contribution in [3.05, 3.63) is 42.4 Å². The maximum atomic E-state index is 11.3. The Kier molecular flexibility index (Phi) is 21.9. The van der Waals surface area contributed by atoms with E-state index in [9.17, 15) is 4.79 Å². The van der Waals surface area contributed by atoms with E-state index in [1.165, 1.54) is 45.8 Å². The van der Waals surface area contributed by atoms with Gasteiger partial charge in [-0.1, -0.05) is 51.8 Å². The fourth-order valence-electron chi connectivity index (χ4n) is 5.26. The van der Waals surface area contributed by atoms with Crippen LogP contribution in [0.5, 0.6) is 5.88 Å². The molecule has 0 bridgehead atoms. The molecule has 0 unspecified atom stereocenters. The average molecular weight is 608 g/mol. The van der Waals surface area contributed by atoms with E-state index in [0.717, 1.165) is 71.9 Å². The number of aryl methyl sites for hydroxylation is 1. The van der Waals surface area contributed by atoms with Gasteiger partial charge in [0.15, 0.2) is 0 Å². The maximum absolute atomic E-state index is 11.3. The molecule has 0 amide bonds. The lowest BCUT2D eigenvalue weighted by molar-refractivity contribution is -0.118. The number of ether oxygens (including phenoxy) is 1. The third-order valence-electron chi connectivity index (χ3n) is 7.62. The van der Waals surface area contributed by atoms with Crippen LogP contribution in [-0.2, 0) is 16.0 Å². The van der Waals surface area contributed by atoms with Crippen LogP contribution in [0.3, 0.4) is 0 Å². The molecule has 1 saturated heterocycles. The second-order valence-electron chi connectivity index (χ2n) is 10.6. The normalized spacial score (nSPS) is 13.9. The van der Waals surface area contributed by atoms with Crippen LogP contribution in [0.4, 0.5) is 0 Å². The molecular weight excluding hydrogens is 550 g/mol. The Morgan fingerprint density at radius 3 is 2.34 bits per heavy atom. The lowest BCUT2D eigenvalue weighted by atomic mass is 9.96. The number of ketones is 1. The zero-order chi connectivity index (χ0) is 33.4. The molecule has 2 fully saturated rings. The molecular formula is C36H57N5O3. The van der Waals surface area contributed by atoms with Crippen molar-refractivity contribution in [2.45, 2.75) is 91.4 Å². The number of carbonyl (C=O) groups is 2. The van der Waals surface area contributed by atoms with Crippen LogP contribution < -0.4 is 10.5 Å². The molecule has 44 heavy (non-hydrogen) atoms. The molecule has 1 aliphatic carbocycles. The summed E-state index contributed by atoms with van der Waals surface area (Å²) in [6, 6.07) is 10.1. The Hall–Kier alpha value is -3.54. The Morgan fingerprint density at radius 2 is 1.75 bits per heavy atom. The topological polar surface area (TPSA) is 114 Å². The molecule has 244 valence electrons. The third kappa shape index (κ3) is 13.8. The number of imidazole rings is 1. The summed E-state index contributed by atoms with van der Waals surface area (Å²) in [4.78, 5) is 34.3. The van der Waals surface area contributed by atoms with Gasteiger partial charge in [0.25, 0.3) is 0 Å². The van der Waals surface area contributed by atoms with E-state index >= 15 is 0 Å². The Labute approximate surface area is 266 Å². The van der Waals surface area contributed by atoms with Gasteiger partial charge < -0.3 is 25.1 Å². The molecule has 5 rings (SSSR count). The molecule has 1 aromatic carbocycles. The molecule has 3 aromatic rings. The first-order valence-electron chi connectivity index (χ1n) is 15.9. The first-order valence-corrected chi connectivity index (χ1v) is 15.9. The van der Waals surface area contributed by atoms with Crippen molar-refractivity contribution in [2.75, 3.05) is 34.3 Å². The number of nitrogens with two attached hydrogens (primary N) is 1. The molecule has 3 N–H and O–H groups in total. The van der Waals surface area contributed by atoms with Gasteiger partial charge in [-0.3, -0.25) is 4.79 Å². The van der Waals surface area contributed by atoms with Crippen molar-refractivity contribution in [2.24, 2.45) is 11.1 Å². The van der Waals surface area contributed by atoms with Gasteiger partial charge in [-0.2, -0.15) is 0 Å². The summed E-state index contributed by atoms with van der Waals surface area (Å²) in [5.41, 5.74) is 8.09. The summed E-state index contributed by atoms with van der Waals surface area (Å²) < 4.78 is 5.48. The molecule has 0 radical (unpaired) electrons.